The Kier molecular flexibility index (Phi) is 3.27. The Morgan fingerprint density at radius 2 is 1.91 bits per heavy atom. The van der Waals surface area contributed by atoms with E-state index in [4.69, 9.17) is 0 Å². The maximum atomic E-state index is 3.52. The molecule has 2 aromatic heterocycles. The Labute approximate surface area is 135 Å². The summed E-state index contributed by atoms with van der Waals surface area (Å²) < 4.78 is 4.37. The Morgan fingerprint density at radius 3 is 2.74 bits per heavy atom. The molecule has 0 unspecified atom stereocenters. The standard InChI is InChI=1S/C20H20N3/c1-15-6-5-7-17(12-15)13-22-10-11-23(14-22)20-16(2)18-8-3-4-9-19(18)21-20/h3-12,14,21H,13H2,1-2H3/q+1. The summed E-state index contributed by atoms with van der Waals surface area (Å²) in [6, 6.07) is 17.1. The van der Waals surface area contributed by atoms with Gasteiger partial charge in [-0.15, -0.1) is 0 Å². The molecular formula is C20H20N3+. The average molecular weight is 302 g/mol. The number of aromatic amines is 1. The van der Waals surface area contributed by atoms with Gasteiger partial charge < -0.3 is 4.98 Å². The molecular weight excluding hydrogens is 282 g/mol. The zero-order valence-electron chi connectivity index (χ0n) is 13.5. The lowest BCUT2D eigenvalue weighted by Gasteiger charge is -1.99. The fourth-order valence-electron chi connectivity index (χ4n) is 3.17. The third-order valence-electron chi connectivity index (χ3n) is 4.34. The number of benzene rings is 2. The summed E-state index contributed by atoms with van der Waals surface area (Å²) in [4.78, 5) is 3.52. The van der Waals surface area contributed by atoms with Crippen LogP contribution in [0.15, 0.2) is 67.3 Å². The minimum absolute atomic E-state index is 0.883. The highest BCUT2D eigenvalue weighted by Crippen LogP contribution is 2.23. The average Bonchev–Trinajstić information content (AvgIpc) is 3.13. The van der Waals surface area contributed by atoms with Crippen molar-refractivity contribution in [3.05, 3.63) is 83.9 Å². The monoisotopic (exact) mass is 302 g/mol. The number of imidazole rings is 1. The van der Waals surface area contributed by atoms with Crippen LogP contribution >= 0.6 is 0 Å². The normalized spacial score (nSPS) is 11.2. The molecule has 0 saturated carbocycles. The van der Waals surface area contributed by atoms with Crippen molar-refractivity contribution in [3.63, 3.8) is 0 Å². The smallest absolute Gasteiger partial charge is 0.250 e. The predicted octanol–water partition coefficient (Wildman–Crippen LogP) is 3.91. The van der Waals surface area contributed by atoms with Crippen LogP contribution in [0.25, 0.3) is 16.7 Å². The number of rotatable bonds is 3. The van der Waals surface area contributed by atoms with Gasteiger partial charge in [-0.2, -0.15) is 4.57 Å². The molecule has 0 bridgehead atoms. The van der Waals surface area contributed by atoms with Crippen molar-refractivity contribution in [2.75, 3.05) is 0 Å². The maximum Gasteiger partial charge on any atom is 0.250 e. The molecule has 3 nitrogen and oxygen atoms in total. The number of hydrogen-bond donors (Lipinski definition) is 1. The molecule has 114 valence electrons. The summed E-state index contributed by atoms with van der Waals surface area (Å²) in [6.45, 7) is 5.18. The highest BCUT2D eigenvalue weighted by Gasteiger charge is 2.14. The van der Waals surface area contributed by atoms with Crippen LogP contribution in [-0.4, -0.2) is 9.55 Å². The lowest BCUT2D eigenvalue weighted by molar-refractivity contribution is -0.687. The Hall–Kier alpha value is -2.81. The van der Waals surface area contributed by atoms with Crippen LogP contribution in [-0.2, 0) is 6.54 Å². The third kappa shape index (κ3) is 2.55. The van der Waals surface area contributed by atoms with Crippen molar-refractivity contribution >= 4 is 10.9 Å². The topological polar surface area (TPSA) is 24.6 Å². The maximum absolute atomic E-state index is 3.52. The SMILES string of the molecule is Cc1cccc(C[n+]2ccn(-c3[nH]c4ccccc4c3C)c2)c1. The first-order valence-corrected chi connectivity index (χ1v) is 7.91. The van der Waals surface area contributed by atoms with E-state index in [1.54, 1.807) is 0 Å². The third-order valence-corrected chi connectivity index (χ3v) is 4.34. The molecule has 0 atom stereocenters. The van der Waals surface area contributed by atoms with Gasteiger partial charge in [0.15, 0.2) is 0 Å². The van der Waals surface area contributed by atoms with Crippen molar-refractivity contribution < 1.29 is 4.57 Å². The van der Waals surface area contributed by atoms with E-state index < -0.39 is 0 Å². The summed E-state index contributed by atoms with van der Waals surface area (Å²) in [5.41, 5.74) is 5.08. The highest BCUT2D eigenvalue weighted by atomic mass is 15.2. The number of H-pyrrole nitrogens is 1. The van der Waals surface area contributed by atoms with E-state index >= 15 is 0 Å². The van der Waals surface area contributed by atoms with E-state index in [1.807, 2.05) is 0 Å². The van der Waals surface area contributed by atoms with Gasteiger partial charge in [-0.1, -0.05) is 48.0 Å². The minimum Gasteiger partial charge on any atom is -0.321 e. The second kappa shape index (κ2) is 5.43. The van der Waals surface area contributed by atoms with Crippen molar-refractivity contribution in [1.82, 2.24) is 9.55 Å². The van der Waals surface area contributed by atoms with Crippen LogP contribution in [0.5, 0.6) is 0 Å². The summed E-state index contributed by atoms with van der Waals surface area (Å²) in [5.74, 6) is 1.13. The molecule has 2 aromatic carbocycles. The molecule has 0 aliphatic carbocycles. The molecule has 0 fully saturated rings. The van der Waals surface area contributed by atoms with E-state index in [1.165, 1.54) is 27.6 Å². The quantitative estimate of drug-likeness (QED) is 0.555. The van der Waals surface area contributed by atoms with Gasteiger partial charge in [0, 0.05) is 16.5 Å². The lowest BCUT2D eigenvalue weighted by atomic mass is 10.1. The van der Waals surface area contributed by atoms with Gasteiger partial charge in [0.2, 0.25) is 12.1 Å². The van der Waals surface area contributed by atoms with Gasteiger partial charge in [-0.05, 0) is 25.5 Å². The van der Waals surface area contributed by atoms with E-state index in [-0.39, 0.29) is 0 Å². The number of aromatic nitrogens is 3. The molecule has 3 heteroatoms. The molecule has 23 heavy (non-hydrogen) atoms. The van der Waals surface area contributed by atoms with Crippen LogP contribution in [0, 0.1) is 13.8 Å². The number of aryl methyl sites for hydroxylation is 2. The van der Waals surface area contributed by atoms with Gasteiger partial charge in [0.05, 0.1) is 0 Å². The van der Waals surface area contributed by atoms with Crippen LogP contribution in [0.2, 0.25) is 0 Å². The summed E-state index contributed by atoms with van der Waals surface area (Å²) in [6.07, 6.45) is 6.36. The molecule has 0 aliphatic heterocycles. The van der Waals surface area contributed by atoms with Crippen LogP contribution < -0.4 is 4.57 Å². The summed E-state index contributed by atoms with van der Waals surface area (Å²) >= 11 is 0. The molecule has 2 heterocycles. The molecule has 1 N–H and O–H groups in total. The van der Waals surface area contributed by atoms with Crippen molar-refractivity contribution in [2.24, 2.45) is 0 Å². The van der Waals surface area contributed by atoms with Gasteiger partial charge in [0.1, 0.15) is 18.9 Å². The summed E-state index contributed by atoms with van der Waals surface area (Å²) in [7, 11) is 0. The molecule has 0 radical (unpaired) electrons. The van der Waals surface area contributed by atoms with E-state index in [0.717, 1.165) is 12.4 Å². The van der Waals surface area contributed by atoms with E-state index in [9.17, 15) is 0 Å². The predicted molar refractivity (Wildman–Crippen MR) is 92.8 cm³/mol. The van der Waals surface area contributed by atoms with E-state index in [2.05, 4.69) is 95.2 Å². The van der Waals surface area contributed by atoms with E-state index in [0.29, 0.717) is 0 Å². The fraction of sp³-hybridized carbons (Fsp3) is 0.150. The zero-order chi connectivity index (χ0) is 15.8. The fourth-order valence-corrected chi connectivity index (χ4v) is 3.17. The minimum atomic E-state index is 0.883. The van der Waals surface area contributed by atoms with Gasteiger partial charge in [0.25, 0.3) is 0 Å². The Balaban J connectivity index is 1.68. The lowest BCUT2D eigenvalue weighted by Crippen LogP contribution is -2.31. The van der Waals surface area contributed by atoms with Gasteiger partial charge >= 0.3 is 0 Å². The first-order valence-electron chi connectivity index (χ1n) is 7.91. The highest BCUT2D eigenvalue weighted by molar-refractivity contribution is 5.86. The molecule has 0 spiro atoms. The molecule has 4 rings (SSSR count). The Morgan fingerprint density at radius 1 is 1.04 bits per heavy atom. The molecule has 0 amide bonds. The van der Waals surface area contributed by atoms with Crippen LogP contribution in [0.3, 0.4) is 0 Å². The largest absolute Gasteiger partial charge is 0.321 e. The number of nitrogens with zero attached hydrogens (tertiary/aromatic N) is 2. The first kappa shape index (κ1) is 13.8. The number of fused-ring (bicyclic) bond motifs is 1. The number of nitrogens with one attached hydrogen (secondary N) is 1. The molecule has 0 saturated heterocycles. The summed E-state index contributed by atoms with van der Waals surface area (Å²) in [5, 5.41) is 1.28. The molecule has 0 aliphatic rings. The van der Waals surface area contributed by atoms with Crippen LogP contribution in [0.4, 0.5) is 0 Å². The van der Waals surface area contributed by atoms with Crippen LogP contribution in [0.1, 0.15) is 16.7 Å². The van der Waals surface area contributed by atoms with Gasteiger partial charge in [-0.25, -0.2) is 4.57 Å². The van der Waals surface area contributed by atoms with Crippen molar-refractivity contribution in [3.8, 4) is 5.82 Å². The van der Waals surface area contributed by atoms with Crippen molar-refractivity contribution in [2.45, 2.75) is 20.4 Å². The first-order chi connectivity index (χ1) is 11.2. The Bertz CT molecular complexity index is 975. The number of para-hydroxylation sites is 1. The second-order valence-corrected chi connectivity index (χ2v) is 6.13. The van der Waals surface area contributed by atoms with Gasteiger partial charge in [-0.3, -0.25) is 0 Å². The second-order valence-electron chi connectivity index (χ2n) is 6.13. The molecule has 4 aromatic rings. The zero-order valence-corrected chi connectivity index (χ0v) is 13.5. The van der Waals surface area contributed by atoms with Crippen molar-refractivity contribution in [1.29, 1.82) is 0 Å². The number of hydrogen-bond acceptors (Lipinski definition) is 0.